The highest BCUT2D eigenvalue weighted by Gasteiger charge is 2.25. The predicted octanol–water partition coefficient (Wildman–Crippen LogP) is 3.94. The Labute approximate surface area is 282 Å². The predicted molar refractivity (Wildman–Crippen MR) is 178 cm³/mol. The molecule has 4 aromatic rings. The lowest BCUT2D eigenvalue weighted by atomic mass is 9.98. The molecule has 2 aliphatic heterocycles. The van der Waals surface area contributed by atoms with Gasteiger partial charge in [-0.25, -0.2) is 9.97 Å². The summed E-state index contributed by atoms with van der Waals surface area (Å²) in [6.45, 7) is 2.04. The zero-order valence-electron chi connectivity index (χ0n) is 25.9. The van der Waals surface area contributed by atoms with Crippen LogP contribution in [0.3, 0.4) is 0 Å². The number of benzene rings is 2. The van der Waals surface area contributed by atoms with E-state index in [9.17, 15) is 9.59 Å². The van der Waals surface area contributed by atoms with E-state index < -0.39 is 0 Å². The van der Waals surface area contributed by atoms with Gasteiger partial charge in [0.25, 0.3) is 0 Å². The SMILES string of the molecule is COc1nc(-c2cccc(-c3cccc(-c4cnc(CN[C@H]5CCNC5=O)c(OC)n4)c3Cl)c2Cl)cnc1CNC[C@@H]1CCC(=O)N1. The van der Waals surface area contributed by atoms with Crippen molar-refractivity contribution in [2.24, 2.45) is 0 Å². The fourth-order valence-electron chi connectivity index (χ4n) is 5.70. The molecule has 2 atom stereocenters. The lowest BCUT2D eigenvalue weighted by Gasteiger charge is -2.15. The van der Waals surface area contributed by atoms with Crippen LogP contribution in [0.15, 0.2) is 48.8 Å². The third kappa shape index (κ3) is 7.15. The number of hydrogen-bond donors (Lipinski definition) is 4. The molecule has 6 rings (SSSR count). The van der Waals surface area contributed by atoms with Crippen molar-refractivity contribution in [3.63, 3.8) is 0 Å². The Balaban J connectivity index is 1.23. The molecule has 0 radical (unpaired) electrons. The van der Waals surface area contributed by atoms with Crippen LogP contribution in [0.4, 0.5) is 0 Å². The van der Waals surface area contributed by atoms with E-state index in [0.717, 1.165) is 6.42 Å². The van der Waals surface area contributed by atoms with Gasteiger partial charge in [-0.15, -0.1) is 0 Å². The first-order valence-corrected chi connectivity index (χ1v) is 16.0. The van der Waals surface area contributed by atoms with Crippen molar-refractivity contribution >= 4 is 35.0 Å². The second kappa shape index (κ2) is 14.6. The molecule has 4 heterocycles. The van der Waals surface area contributed by atoms with Crippen molar-refractivity contribution in [2.75, 3.05) is 27.3 Å². The molecule has 2 aromatic heterocycles. The minimum Gasteiger partial charge on any atom is -0.480 e. The molecular weight excluding hydrogens is 643 g/mol. The highest BCUT2D eigenvalue weighted by molar-refractivity contribution is 6.39. The molecule has 2 aliphatic rings. The van der Waals surface area contributed by atoms with Crippen molar-refractivity contribution in [1.29, 1.82) is 0 Å². The Morgan fingerprint density at radius 1 is 0.830 bits per heavy atom. The fraction of sp³-hybridized carbons (Fsp3) is 0.333. The normalized spacial score (nSPS) is 17.4. The van der Waals surface area contributed by atoms with Gasteiger partial charge in [0.2, 0.25) is 23.6 Å². The molecule has 0 spiro atoms. The van der Waals surface area contributed by atoms with Crippen LogP contribution >= 0.6 is 23.2 Å². The second-order valence-corrected chi connectivity index (χ2v) is 12.0. The topological polar surface area (TPSA) is 152 Å². The number of hydrogen-bond acceptors (Lipinski definition) is 10. The smallest absolute Gasteiger partial charge is 0.237 e. The van der Waals surface area contributed by atoms with Gasteiger partial charge in [-0.05, 0) is 12.8 Å². The van der Waals surface area contributed by atoms with Gasteiger partial charge in [-0.2, -0.15) is 0 Å². The van der Waals surface area contributed by atoms with Crippen LogP contribution in [0, 0.1) is 0 Å². The van der Waals surface area contributed by atoms with E-state index in [2.05, 4.69) is 36.2 Å². The molecule has 2 fully saturated rings. The zero-order valence-corrected chi connectivity index (χ0v) is 27.4. The number of aromatic nitrogens is 4. The molecule has 2 amide bonds. The minimum absolute atomic E-state index is 0.0245. The van der Waals surface area contributed by atoms with Crippen molar-refractivity contribution in [1.82, 2.24) is 41.2 Å². The summed E-state index contributed by atoms with van der Waals surface area (Å²) in [5.41, 5.74) is 5.03. The van der Waals surface area contributed by atoms with E-state index in [1.807, 2.05) is 36.4 Å². The average Bonchev–Trinajstić information content (AvgIpc) is 3.70. The molecule has 2 saturated heterocycles. The van der Waals surface area contributed by atoms with E-state index in [1.54, 1.807) is 19.5 Å². The number of nitrogens with zero attached hydrogens (tertiary/aromatic N) is 4. The van der Waals surface area contributed by atoms with E-state index in [4.69, 9.17) is 37.7 Å². The van der Waals surface area contributed by atoms with Crippen LogP contribution in [-0.4, -0.2) is 71.1 Å². The summed E-state index contributed by atoms with van der Waals surface area (Å²) >= 11 is 14.0. The van der Waals surface area contributed by atoms with E-state index in [0.29, 0.717) is 106 Å². The largest absolute Gasteiger partial charge is 0.480 e. The Morgan fingerprint density at radius 2 is 1.40 bits per heavy atom. The van der Waals surface area contributed by atoms with Gasteiger partial charge < -0.3 is 25.4 Å². The van der Waals surface area contributed by atoms with E-state index in [1.165, 1.54) is 7.11 Å². The number of methoxy groups -OCH3 is 2. The number of carbonyl (C=O) groups excluding carboxylic acids is 2. The van der Waals surface area contributed by atoms with Crippen LogP contribution in [-0.2, 0) is 22.7 Å². The van der Waals surface area contributed by atoms with Crippen molar-refractivity contribution in [3.8, 4) is 45.4 Å². The molecule has 2 aromatic carbocycles. The lowest BCUT2D eigenvalue weighted by Crippen LogP contribution is -2.36. The summed E-state index contributed by atoms with van der Waals surface area (Å²) in [7, 11) is 3.08. The zero-order chi connectivity index (χ0) is 32.9. The Bertz CT molecular complexity index is 1810. The van der Waals surface area contributed by atoms with Crippen molar-refractivity contribution in [3.05, 3.63) is 70.2 Å². The molecule has 47 heavy (non-hydrogen) atoms. The molecule has 0 aliphatic carbocycles. The number of ether oxygens (including phenoxy) is 2. The summed E-state index contributed by atoms with van der Waals surface area (Å²) in [5, 5.41) is 13.2. The Morgan fingerprint density at radius 3 is 1.91 bits per heavy atom. The summed E-state index contributed by atoms with van der Waals surface area (Å²) in [6, 6.07) is 11.1. The van der Waals surface area contributed by atoms with Crippen LogP contribution in [0.1, 0.15) is 30.7 Å². The van der Waals surface area contributed by atoms with Gasteiger partial charge >= 0.3 is 0 Å². The summed E-state index contributed by atoms with van der Waals surface area (Å²) < 4.78 is 11.1. The number of carbonyl (C=O) groups is 2. The second-order valence-electron chi connectivity index (χ2n) is 11.2. The Hall–Kier alpha value is -4.36. The molecule has 0 bridgehead atoms. The summed E-state index contributed by atoms with van der Waals surface area (Å²) in [5.74, 6) is 0.772. The van der Waals surface area contributed by atoms with Gasteiger partial charge in [0.15, 0.2) is 0 Å². The van der Waals surface area contributed by atoms with Gasteiger partial charge in [0.1, 0.15) is 11.4 Å². The average molecular weight is 678 g/mol. The number of amides is 2. The third-order valence-electron chi connectivity index (χ3n) is 8.18. The Kier molecular flexibility index (Phi) is 10.1. The molecular formula is C33H34Cl2N8O4. The quantitative estimate of drug-likeness (QED) is 0.174. The van der Waals surface area contributed by atoms with E-state index in [-0.39, 0.29) is 23.9 Å². The molecule has 0 unspecified atom stereocenters. The maximum Gasteiger partial charge on any atom is 0.237 e. The first-order chi connectivity index (χ1) is 22.9. The van der Waals surface area contributed by atoms with Gasteiger partial charge in [0, 0.05) is 60.9 Å². The molecule has 0 saturated carbocycles. The maximum absolute atomic E-state index is 11.9. The monoisotopic (exact) mass is 676 g/mol. The minimum atomic E-state index is -0.270. The first-order valence-electron chi connectivity index (χ1n) is 15.3. The highest BCUT2D eigenvalue weighted by Crippen LogP contribution is 2.42. The summed E-state index contributed by atoms with van der Waals surface area (Å²) in [4.78, 5) is 42.0. The number of nitrogens with one attached hydrogen (secondary N) is 4. The summed E-state index contributed by atoms with van der Waals surface area (Å²) in [6.07, 6.45) is 5.38. The fourth-order valence-corrected chi connectivity index (χ4v) is 6.35. The van der Waals surface area contributed by atoms with Crippen molar-refractivity contribution < 1.29 is 19.1 Å². The van der Waals surface area contributed by atoms with E-state index >= 15 is 0 Å². The molecule has 244 valence electrons. The third-order valence-corrected chi connectivity index (χ3v) is 9.00. The van der Waals surface area contributed by atoms with Crippen LogP contribution in [0.25, 0.3) is 33.6 Å². The van der Waals surface area contributed by atoms with Gasteiger partial charge in [0.05, 0.1) is 54.1 Å². The molecule has 4 N–H and O–H groups in total. The van der Waals surface area contributed by atoms with Crippen LogP contribution in [0.2, 0.25) is 10.0 Å². The highest BCUT2D eigenvalue weighted by atomic mass is 35.5. The first kappa shape index (κ1) is 32.6. The number of rotatable bonds is 12. The van der Waals surface area contributed by atoms with Gasteiger partial charge in [-0.1, -0.05) is 59.6 Å². The number of halogens is 2. The molecule has 14 heteroatoms. The lowest BCUT2D eigenvalue weighted by molar-refractivity contribution is -0.121. The van der Waals surface area contributed by atoms with Gasteiger partial charge in [-0.3, -0.25) is 24.9 Å². The van der Waals surface area contributed by atoms with Crippen molar-refractivity contribution in [2.45, 2.75) is 44.4 Å². The van der Waals surface area contributed by atoms with Crippen LogP contribution < -0.4 is 30.7 Å². The maximum atomic E-state index is 11.9. The van der Waals surface area contributed by atoms with Crippen LogP contribution in [0.5, 0.6) is 11.8 Å². The molecule has 12 nitrogen and oxygen atoms in total. The standard InChI is InChI=1S/C33H34Cl2N8O4/c1-46-32-26(14-36-13-18-9-10-28(44)41-18)39-15-24(42-32)21-7-3-5-19(29(21)34)20-6-4-8-22(30(20)35)25-16-40-27(33(43-25)47-2)17-38-23-11-12-37-31(23)45/h3-8,15-16,18,23,36,38H,9-14,17H2,1-2H3,(H,37,45)(H,41,44)/t18-,23-/m0/s1.